The van der Waals surface area contributed by atoms with Crippen molar-refractivity contribution in [1.29, 1.82) is 0 Å². The zero-order valence-electron chi connectivity index (χ0n) is 13.8. The molecule has 0 bridgehead atoms. The third-order valence-corrected chi connectivity index (χ3v) is 4.15. The molecule has 0 unspecified atom stereocenters. The molecule has 1 aromatic heterocycles. The van der Waals surface area contributed by atoms with Crippen molar-refractivity contribution < 1.29 is 4.39 Å². The van der Waals surface area contributed by atoms with Crippen molar-refractivity contribution in [3.63, 3.8) is 0 Å². The quantitative estimate of drug-likeness (QED) is 0.817. The molecular weight excluding hydrogens is 293 g/mol. The van der Waals surface area contributed by atoms with Gasteiger partial charge in [0.1, 0.15) is 18.5 Å². The molecule has 0 spiro atoms. The van der Waals surface area contributed by atoms with Gasteiger partial charge in [-0.3, -0.25) is 0 Å². The third kappa shape index (κ3) is 2.76. The number of halogens is 1. The minimum Gasteiger partial charge on any atom is -0.363 e. The fraction of sp³-hybridized carbons (Fsp3) is 0.353. The lowest BCUT2D eigenvalue weighted by atomic mass is 9.88. The van der Waals surface area contributed by atoms with Crippen LogP contribution in [0.25, 0.3) is 5.57 Å². The van der Waals surface area contributed by atoms with E-state index in [-0.39, 0.29) is 11.4 Å². The zero-order valence-corrected chi connectivity index (χ0v) is 13.8. The van der Waals surface area contributed by atoms with E-state index in [1.54, 1.807) is 6.07 Å². The van der Waals surface area contributed by atoms with Gasteiger partial charge in [-0.15, -0.1) is 10.2 Å². The summed E-state index contributed by atoms with van der Waals surface area (Å²) < 4.78 is 16.0. The second-order valence-corrected chi connectivity index (χ2v) is 6.20. The second-order valence-electron chi connectivity index (χ2n) is 6.20. The first-order valence-corrected chi connectivity index (χ1v) is 7.62. The molecule has 1 aliphatic rings. The maximum atomic E-state index is 14.5. The van der Waals surface area contributed by atoms with Crippen LogP contribution in [0.4, 0.5) is 10.1 Å². The molecule has 1 aromatic carbocycles. The van der Waals surface area contributed by atoms with Gasteiger partial charge in [-0.2, -0.15) is 5.10 Å². The molecule has 0 radical (unpaired) electrons. The minimum atomic E-state index is -0.287. The van der Waals surface area contributed by atoms with Gasteiger partial charge in [-0.05, 0) is 45.4 Å². The van der Waals surface area contributed by atoms with E-state index in [1.165, 1.54) is 23.5 Å². The summed E-state index contributed by atoms with van der Waals surface area (Å²) in [7, 11) is 0. The zero-order chi connectivity index (χ0) is 16.6. The van der Waals surface area contributed by atoms with E-state index >= 15 is 0 Å². The van der Waals surface area contributed by atoms with Gasteiger partial charge in [0.15, 0.2) is 0 Å². The van der Waals surface area contributed by atoms with Crippen molar-refractivity contribution in [3.05, 3.63) is 47.8 Å². The Balaban J connectivity index is 2.06. The SMILES string of the molecule is CCN1c2cc(F)c(/C=N\n3cnnc3)cc2C(C)=CC1(C)C. The minimum absolute atomic E-state index is 0.129. The van der Waals surface area contributed by atoms with Gasteiger partial charge in [0.2, 0.25) is 0 Å². The van der Waals surface area contributed by atoms with Gasteiger partial charge in [-0.1, -0.05) is 6.08 Å². The van der Waals surface area contributed by atoms with Crippen LogP contribution >= 0.6 is 0 Å². The molecule has 5 nitrogen and oxygen atoms in total. The van der Waals surface area contributed by atoms with E-state index in [0.29, 0.717) is 5.56 Å². The van der Waals surface area contributed by atoms with Crippen LogP contribution in [0.3, 0.4) is 0 Å². The lowest BCUT2D eigenvalue weighted by molar-refractivity contribution is 0.561. The average Bonchev–Trinajstić information content (AvgIpc) is 2.98. The molecule has 120 valence electrons. The van der Waals surface area contributed by atoms with Crippen LogP contribution < -0.4 is 4.90 Å². The molecule has 0 aliphatic carbocycles. The number of anilines is 1. The number of rotatable bonds is 3. The topological polar surface area (TPSA) is 46.3 Å². The van der Waals surface area contributed by atoms with E-state index in [1.807, 2.05) is 6.07 Å². The van der Waals surface area contributed by atoms with E-state index in [0.717, 1.165) is 23.4 Å². The average molecular weight is 313 g/mol. The molecule has 0 saturated heterocycles. The lowest BCUT2D eigenvalue weighted by Crippen LogP contribution is -2.45. The summed E-state index contributed by atoms with van der Waals surface area (Å²) >= 11 is 0. The van der Waals surface area contributed by atoms with Crippen LogP contribution in [-0.2, 0) is 0 Å². The van der Waals surface area contributed by atoms with Crippen molar-refractivity contribution in [2.45, 2.75) is 33.2 Å². The third-order valence-electron chi connectivity index (χ3n) is 4.15. The van der Waals surface area contributed by atoms with Gasteiger partial charge in [0.05, 0.1) is 11.8 Å². The number of likely N-dealkylation sites (N-methyl/N-ethyl adjacent to an activating group) is 1. The maximum Gasteiger partial charge on any atom is 0.141 e. The second kappa shape index (κ2) is 5.61. The standard InChI is InChI=1S/C17H20FN5/c1-5-23-16-7-15(18)13(9-21-22-10-19-20-11-22)6-14(16)12(2)8-17(23,3)4/h6-11H,5H2,1-4H3/b21-9-. The van der Waals surface area contributed by atoms with Crippen molar-refractivity contribution in [2.24, 2.45) is 5.10 Å². The van der Waals surface area contributed by atoms with Gasteiger partial charge in [-0.25, -0.2) is 9.07 Å². The van der Waals surface area contributed by atoms with Gasteiger partial charge < -0.3 is 4.90 Å². The Morgan fingerprint density at radius 2 is 1.96 bits per heavy atom. The summed E-state index contributed by atoms with van der Waals surface area (Å²) in [4.78, 5) is 2.21. The fourth-order valence-electron chi connectivity index (χ4n) is 3.18. The van der Waals surface area contributed by atoms with Gasteiger partial charge in [0, 0.05) is 23.4 Å². The van der Waals surface area contributed by atoms with Crippen molar-refractivity contribution in [2.75, 3.05) is 11.4 Å². The Morgan fingerprint density at radius 1 is 1.26 bits per heavy atom. The summed E-state index contributed by atoms with van der Waals surface area (Å²) in [5.41, 5.74) is 3.43. The number of benzene rings is 1. The predicted octanol–water partition coefficient (Wildman–Crippen LogP) is 3.32. The van der Waals surface area contributed by atoms with E-state index in [9.17, 15) is 4.39 Å². The summed E-state index contributed by atoms with van der Waals surface area (Å²) in [5, 5.41) is 11.5. The van der Waals surface area contributed by atoms with E-state index in [4.69, 9.17) is 0 Å². The number of hydrogen-bond donors (Lipinski definition) is 0. The predicted molar refractivity (Wildman–Crippen MR) is 90.2 cm³/mol. The first-order chi connectivity index (χ1) is 10.9. The molecule has 1 aliphatic heterocycles. The van der Waals surface area contributed by atoms with E-state index in [2.05, 4.69) is 54.0 Å². The van der Waals surface area contributed by atoms with Crippen LogP contribution in [0.15, 0.2) is 36.0 Å². The summed E-state index contributed by atoms with van der Waals surface area (Å²) in [5.74, 6) is -0.287. The number of nitrogens with zero attached hydrogens (tertiary/aromatic N) is 5. The molecule has 2 aromatic rings. The molecule has 3 rings (SSSR count). The van der Waals surface area contributed by atoms with Crippen LogP contribution in [0, 0.1) is 5.82 Å². The molecule has 0 amide bonds. The molecule has 0 fully saturated rings. The summed E-state index contributed by atoms with van der Waals surface area (Å²) in [6, 6.07) is 3.45. The van der Waals surface area contributed by atoms with Gasteiger partial charge >= 0.3 is 0 Å². The monoisotopic (exact) mass is 313 g/mol. The van der Waals surface area contributed by atoms with E-state index < -0.39 is 0 Å². The Kier molecular flexibility index (Phi) is 3.75. The Morgan fingerprint density at radius 3 is 2.61 bits per heavy atom. The molecule has 0 N–H and O–H groups in total. The first kappa shape index (κ1) is 15.4. The highest BCUT2D eigenvalue weighted by molar-refractivity contribution is 5.88. The number of allylic oxidation sites excluding steroid dienone is 1. The first-order valence-electron chi connectivity index (χ1n) is 7.62. The van der Waals surface area contributed by atoms with Crippen LogP contribution in [0.5, 0.6) is 0 Å². The largest absolute Gasteiger partial charge is 0.363 e. The Bertz CT molecular complexity index is 775. The summed E-state index contributed by atoms with van der Waals surface area (Å²) in [6.45, 7) is 9.24. The number of fused-ring (bicyclic) bond motifs is 1. The fourth-order valence-corrected chi connectivity index (χ4v) is 3.18. The maximum absolute atomic E-state index is 14.5. The summed E-state index contributed by atoms with van der Waals surface area (Å²) in [6.07, 6.45) is 6.62. The van der Waals surface area contributed by atoms with Gasteiger partial charge in [0.25, 0.3) is 0 Å². The molecule has 0 atom stereocenters. The van der Waals surface area contributed by atoms with Crippen molar-refractivity contribution in [1.82, 2.24) is 14.9 Å². The van der Waals surface area contributed by atoms with Crippen LogP contribution in [0.1, 0.15) is 38.8 Å². The Labute approximate surface area is 135 Å². The number of aromatic nitrogens is 3. The normalized spacial score (nSPS) is 16.6. The Hall–Kier alpha value is -2.50. The van der Waals surface area contributed by atoms with Crippen LogP contribution in [0.2, 0.25) is 0 Å². The molecule has 2 heterocycles. The smallest absolute Gasteiger partial charge is 0.141 e. The molecule has 23 heavy (non-hydrogen) atoms. The molecule has 6 heteroatoms. The van der Waals surface area contributed by atoms with Crippen molar-refractivity contribution >= 4 is 17.5 Å². The number of hydrogen-bond acceptors (Lipinski definition) is 4. The highest BCUT2D eigenvalue weighted by Crippen LogP contribution is 2.39. The van der Waals surface area contributed by atoms with Crippen molar-refractivity contribution in [3.8, 4) is 0 Å². The van der Waals surface area contributed by atoms with Crippen LogP contribution in [-0.4, -0.2) is 33.2 Å². The lowest BCUT2D eigenvalue weighted by Gasteiger charge is -2.42. The highest BCUT2D eigenvalue weighted by Gasteiger charge is 2.30. The molecule has 0 saturated carbocycles. The highest BCUT2D eigenvalue weighted by atomic mass is 19.1. The molecular formula is C17H20FN5.